The number of carbonyl (C=O) groups is 1. The van der Waals surface area contributed by atoms with Crippen molar-refractivity contribution >= 4 is 16.2 Å². The van der Waals surface area contributed by atoms with E-state index in [4.69, 9.17) is 0 Å². The van der Waals surface area contributed by atoms with E-state index in [1.807, 2.05) is 13.8 Å². The highest BCUT2D eigenvalue weighted by atomic mass is 32.2. The van der Waals surface area contributed by atoms with Crippen molar-refractivity contribution in [3.05, 3.63) is 0 Å². The van der Waals surface area contributed by atoms with E-state index in [2.05, 4.69) is 4.72 Å². The number of rotatable bonds is 8. The molecule has 0 aromatic carbocycles. The van der Waals surface area contributed by atoms with Crippen LogP contribution in [0.3, 0.4) is 0 Å². The Morgan fingerprint density at radius 2 is 1.71 bits per heavy atom. The molecule has 0 saturated heterocycles. The lowest BCUT2D eigenvalue weighted by Gasteiger charge is -2.27. The minimum atomic E-state index is -3.61. The molecular formula is C14H28N2O4S. The first-order valence-electron chi connectivity index (χ1n) is 7.92. The van der Waals surface area contributed by atoms with Gasteiger partial charge in [0.05, 0.1) is 5.92 Å². The number of hydrogen-bond donors (Lipinski definition) is 2. The Balaban J connectivity index is 2.84. The van der Waals surface area contributed by atoms with Crippen LogP contribution in [-0.4, -0.2) is 42.9 Å². The van der Waals surface area contributed by atoms with Gasteiger partial charge in [0.25, 0.3) is 10.2 Å². The summed E-state index contributed by atoms with van der Waals surface area (Å²) in [6.07, 6.45) is 5.32. The van der Waals surface area contributed by atoms with Gasteiger partial charge in [0.15, 0.2) is 0 Å². The number of nitrogens with zero attached hydrogens (tertiary/aromatic N) is 1. The summed E-state index contributed by atoms with van der Waals surface area (Å²) < 4.78 is 29.0. The first-order chi connectivity index (χ1) is 9.92. The van der Waals surface area contributed by atoms with Crippen LogP contribution < -0.4 is 4.72 Å². The summed E-state index contributed by atoms with van der Waals surface area (Å²) in [5.41, 5.74) is 0. The predicted octanol–water partition coefficient (Wildman–Crippen LogP) is 1.98. The Labute approximate surface area is 128 Å². The molecule has 0 aromatic heterocycles. The van der Waals surface area contributed by atoms with Crippen LogP contribution in [0.2, 0.25) is 0 Å². The SMILES string of the molecule is CCCN(CCC)S(=O)(=O)NC1CCCCCC1C(=O)O. The molecule has 1 aliphatic rings. The van der Waals surface area contributed by atoms with Gasteiger partial charge in [0, 0.05) is 19.1 Å². The molecule has 0 aromatic rings. The van der Waals surface area contributed by atoms with E-state index < -0.39 is 28.1 Å². The van der Waals surface area contributed by atoms with Gasteiger partial charge in [-0.15, -0.1) is 0 Å². The third kappa shape index (κ3) is 5.56. The smallest absolute Gasteiger partial charge is 0.308 e. The maximum atomic E-state index is 12.5. The molecule has 0 heterocycles. The van der Waals surface area contributed by atoms with Gasteiger partial charge in [-0.05, 0) is 25.7 Å². The van der Waals surface area contributed by atoms with Crippen LogP contribution in [0.15, 0.2) is 0 Å². The molecule has 0 radical (unpaired) electrons. The molecule has 21 heavy (non-hydrogen) atoms. The lowest BCUT2D eigenvalue weighted by atomic mass is 9.96. The summed E-state index contributed by atoms with van der Waals surface area (Å²) in [6.45, 7) is 4.80. The molecule has 0 amide bonds. The Bertz CT molecular complexity index is 419. The largest absolute Gasteiger partial charge is 0.481 e. The summed E-state index contributed by atoms with van der Waals surface area (Å²) in [4.78, 5) is 11.4. The zero-order valence-corrected chi connectivity index (χ0v) is 13.9. The molecule has 2 unspecified atom stereocenters. The average molecular weight is 320 g/mol. The van der Waals surface area contributed by atoms with Gasteiger partial charge in [-0.25, -0.2) is 0 Å². The van der Waals surface area contributed by atoms with E-state index in [1.54, 1.807) is 0 Å². The predicted molar refractivity (Wildman–Crippen MR) is 82.2 cm³/mol. The van der Waals surface area contributed by atoms with Crippen molar-refractivity contribution in [2.24, 2.45) is 5.92 Å². The number of aliphatic carboxylic acids is 1. The van der Waals surface area contributed by atoms with Crippen LogP contribution in [-0.2, 0) is 15.0 Å². The maximum Gasteiger partial charge on any atom is 0.308 e. The maximum absolute atomic E-state index is 12.5. The second kappa shape index (κ2) is 8.70. The average Bonchev–Trinajstić information content (AvgIpc) is 2.63. The van der Waals surface area contributed by atoms with Crippen LogP contribution >= 0.6 is 0 Å². The van der Waals surface area contributed by atoms with Crippen molar-refractivity contribution in [2.45, 2.75) is 64.8 Å². The molecular weight excluding hydrogens is 292 g/mol. The monoisotopic (exact) mass is 320 g/mol. The third-order valence-corrected chi connectivity index (χ3v) is 5.56. The molecule has 124 valence electrons. The lowest BCUT2D eigenvalue weighted by Crippen LogP contribution is -2.49. The van der Waals surface area contributed by atoms with Gasteiger partial charge in [-0.2, -0.15) is 17.4 Å². The standard InChI is InChI=1S/C14H28N2O4S/c1-3-10-16(11-4-2)21(19,20)15-13-9-7-5-6-8-12(13)14(17)18/h12-13,15H,3-11H2,1-2H3,(H,17,18). The third-order valence-electron chi connectivity index (χ3n) is 3.92. The van der Waals surface area contributed by atoms with Gasteiger partial charge in [-0.1, -0.05) is 33.1 Å². The summed E-state index contributed by atoms with van der Waals surface area (Å²) in [5, 5.41) is 9.33. The Morgan fingerprint density at radius 1 is 1.14 bits per heavy atom. The number of carboxylic acids is 1. The number of hydrogen-bond acceptors (Lipinski definition) is 3. The zero-order chi connectivity index (χ0) is 15.9. The first-order valence-corrected chi connectivity index (χ1v) is 9.36. The zero-order valence-electron chi connectivity index (χ0n) is 13.0. The van der Waals surface area contributed by atoms with Crippen molar-refractivity contribution < 1.29 is 18.3 Å². The normalized spacial score (nSPS) is 24.0. The van der Waals surface area contributed by atoms with Gasteiger partial charge in [-0.3, -0.25) is 4.79 Å². The molecule has 1 fully saturated rings. The highest BCUT2D eigenvalue weighted by molar-refractivity contribution is 7.87. The van der Waals surface area contributed by atoms with Crippen molar-refractivity contribution in [3.63, 3.8) is 0 Å². The minimum Gasteiger partial charge on any atom is -0.481 e. The van der Waals surface area contributed by atoms with Crippen LogP contribution in [0.1, 0.15) is 58.8 Å². The van der Waals surface area contributed by atoms with Crippen molar-refractivity contribution in [2.75, 3.05) is 13.1 Å². The fourth-order valence-corrected chi connectivity index (χ4v) is 4.52. The van der Waals surface area contributed by atoms with E-state index in [0.717, 1.165) is 32.1 Å². The van der Waals surface area contributed by atoms with Crippen molar-refractivity contribution in [1.29, 1.82) is 0 Å². The molecule has 7 heteroatoms. The quantitative estimate of drug-likeness (QED) is 0.670. The Kier molecular flexibility index (Phi) is 7.62. The van der Waals surface area contributed by atoms with Gasteiger partial charge in [0.2, 0.25) is 0 Å². The van der Waals surface area contributed by atoms with E-state index in [0.29, 0.717) is 25.9 Å². The number of nitrogens with one attached hydrogen (secondary N) is 1. The van der Waals surface area contributed by atoms with Crippen LogP contribution in [0.4, 0.5) is 0 Å². The summed E-state index contributed by atoms with van der Waals surface area (Å²) in [6, 6.07) is -0.494. The summed E-state index contributed by atoms with van der Waals surface area (Å²) in [7, 11) is -3.61. The molecule has 1 aliphatic carbocycles. The molecule has 6 nitrogen and oxygen atoms in total. The molecule has 0 bridgehead atoms. The Hall–Kier alpha value is -0.660. The molecule has 2 N–H and O–H groups in total. The second-order valence-electron chi connectivity index (χ2n) is 5.71. The molecule has 1 rings (SSSR count). The fraction of sp³-hybridized carbons (Fsp3) is 0.929. The van der Waals surface area contributed by atoms with Gasteiger partial charge >= 0.3 is 5.97 Å². The van der Waals surface area contributed by atoms with E-state index in [9.17, 15) is 18.3 Å². The van der Waals surface area contributed by atoms with Crippen LogP contribution in [0.5, 0.6) is 0 Å². The first kappa shape index (κ1) is 18.4. The summed E-state index contributed by atoms with van der Waals surface area (Å²) >= 11 is 0. The molecule has 2 atom stereocenters. The highest BCUT2D eigenvalue weighted by Crippen LogP contribution is 2.24. The highest BCUT2D eigenvalue weighted by Gasteiger charge is 2.34. The minimum absolute atomic E-state index is 0.466. The molecule has 0 spiro atoms. The van der Waals surface area contributed by atoms with Gasteiger partial charge in [0.1, 0.15) is 0 Å². The van der Waals surface area contributed by atoms with Gasteiger partial charge < -0.3 is 5.11 Å². The van der Waals surface area contributed by atoms with Crippen LogP contribution in [0, 0.1) is 5.92 Å². The summed E-state index contributed by atoms with van der Waals surface area (Å²) in [5.74, 6) is -1.52. The van der Waals surface area contributed by atoms with E-state index in [1.165, 1.54) is 4.31 Å². The molecule has 0 aliphatic heterocycles. The molecule has 1 saturated carbocycles. The van der Waals surface area contributed by atoms with Crippen LogP contribution in [0.25, 0.3) is 0 Å². The van der Waals surface area contributed by atoms with Crippen molar-refractivity contribution in [3.8, 4) is 0 Å². The Morgan fingerprint density at radius 3 is 2.24 bits per heavy atom. The van der Waals surface area contributed by atoms with E-state index >= 15 is 0 Å². The van der Waals surface area contributed by atoms with Crippen molar-refractivity contribution in [1.82, 2.24) is 9.03 Å². The fourth-order valence-electron chi connectivity index (χ4n) is 2.86. The lowest BCUT2D eigenvalue weighted by molar-refractivity contribution is -0.142. The van der Waals surface area contributed by atoms with E-state index in [-0.39, 0.29) is 0 Å². The topological polar surface area (TPSA) is 86.7 Å². The number of carboxylic acid groups (broad SMARTS) is 1. The second-order valence-corrected chi connectivity index (χ2v) is 7.41.